The largest absolute Gasteiger partial charge is 0.741 e. The lowest BCUT2D eigenvalue weighted by atomic mass is 10.1. The first-order valence-electron chi connectivity index (χ1n) is 9.05. The summed E-state index contributed by atoms with van der Waals surface area (Å²) in [4.78, 5) is 0. The van der Waals surface area contributed by atoms with Gasteiger partial charge in [0.1, 0.15) is 6.54 Å². The fourth-order valence-corrected chi connectivity index (χ4v) is 2.29. The van der Waals surface area contributed by atoms with Gasteiger partial charge in [-0.15, -0.1) is 0 Å². The Kier molecular flexibility index (Phi) is 12.5. The van der Waals surface area contributed by atoms with E-state index in [0.717, 1.165) is 0 Å². The van der Waals surface area contributed by atoms with Crippen LogP contribution in [0.5, 0.6) is 0 Å². The van der Waals surface area contributed by atoms with E-state index in [1.54, 1.807) is 0 Å². The first-order chi connectivity index (χ1) is 12.1. The number of alkyl halides is 3. The Morgan fingerprint density at radius 3 is 1.69 bits per heavy atom. The molecular weight excluding hydrogens is 367 g/mol. The van der Waals surface area contributed by atoms with Gasteiger partial charge in [0.25, 0.3) is 0 Å². The normalized spacial score (nSPS) is 11.8. The molecule has 1 aromatic heterocycles. The van der Waals surface area contributed by atoms with E-state index in [-0.39, 0.29) is 0 Å². The quantitative estimate of drug-likeness (QED) is 0.245. The standard InChI is InChI=1S/C17H30N.CHF3O3S/c1-3-4-5-6-7-8-9-10-11-14-18-15-12-17(2)13-16-18;2-1(3,4)8(5,6)7/h12-13,15-16H,3-11,14H2,1-2H3;(H,5,6,7)/q+1;/p-1. The summed E-state index contributed by atoms with van der Waals surface area (Å²) in [6, 6.07) is 4.38. The summed E-state index contributed by atoms with van der Waals surface area (Å²) in [6.07, 6.45) is 17.0. The van der Waals surface area contributed by atoms with Gasteiger partial charge in [0.05, 0.1) is 0 Å². The molecule has 0 amide bonds. The molecule has 152 valence electrons. The van der Waals surface area contributed by atoms with Crippen molar-refractivity contribution in [2.24, 2.45) is 0 Å². The number of aromatic nitrogens is 1. The zero-order chi connectivity index (χ0) is 20.1. The SMILES string of the molecule is CCCCCCCCCCC[n+]1ccc(C)cc1.O=S(=O)([O-])C(F)(F)F. The van der Waals surface area contributed by atoms with Crippen LogP contribution in [0.1, 0.15) is 70.3 Å². The molecule has 0 spiro atoms. The lowest BCUT2D eigenvalue weighted by Crippen LogP contribution is -2.32. The Labute approximate surface area is 155 Å². The van der Waals surface area contributed by atoms with Crippen LogP contribution in [0.15, 0.2) is 24.5 Å². The molecule has 1 heterocycles. The summed E-state index contributed by atoms with van der Waals surface area (Å²) >= 11 is 0. The predicted molar refractivity (Wildman–Crippen MR) is 94.4 cm³/mol. The van der Waals surface area contributed by atoms with Crippen molar-refractivity contribution in [3.63, 3.8) is 0 Å². The fraction of sp³-hybridized carbons (Fsp3) is 0.722. The Hall–Kier alpha value is -1.15. The van der Waals surface area contributed by atoms with Gasteiger partial charge in [0, 0.05) is 18.6 Å². The first kappa shape index (κ1) is 24.8. The zero-order valence-corrected chi connectivity index (χ0v) is 16.4. The molecule has 0 saturated heterocycles. The molecule has 1 rings (SSSR count). The Morgan fingerprint density at radius 1 is 0.923 bits per heavy atom. The summed E-state index contributed by atoms with van der Waals surface area (Å²) < 4.78 is 61.2. The summed E-state index contributed by atoms with van der Waals surface area (Å²) in [5, 5.41) is 0. The number of hydrogen-bond donors (Lipinski definition) is 0. The minimum Gasteiger partial charge on any atom is -0.741 e. The van der Waals surface area contributed by atoms with Gasteiger partial charge in [-0.1, -0.05) is 51.9 Å². The van der Waals surface area contributed by atoms with Crippen LogP contribution < -0.4 is 4.57 Å². The molecule has 0 atom stereocenters. The van der Waals surface area contributed by atoms with E-state index in [1.807, 2.05) is 0 Å². The molecule has 0 fully saturated rings. The molecule has 0 aliphatic carbocycles. The highest BCUT2D eigenvalue weighted by Crippen LogP contribution is 2.20. The molecule has 8 heteroatoms. The Morgan fingerprint density at radius 2 is 1.31 bits per heavy atom. The van der Waals surface area contributed by atoms with Crippen LogP contribution in [0, 0.1) is 6.92 Å². The zero-order valence-electron chi connectivity index (χ0n) is 15.6. The highest BCUT2D eigenvalue weighted by atomic mass is 32.2. The van der Waals surface area contributed by atoms with Gasteiger partial charge >= 0.3 is 5.51 Å². The minimum absolute atomic E-state index is 1.18. The van der Waals surface area contributed by atoms with Crippen LogP contribution in [0.4, 0.5) is 13.2 Å². The highest BCUT2D eigenvalue weighted by Gasteiger charge is 2.36. The van der Waals surface area contributed by atoms with Crippen LogP contribution in [0.3, 0.4) is 0 Å². The van der Waals surface area contributed by atoms with E-state index in [0.29, 0.717) is 0 Å². The third-order valence-electron chi connectivity index (χ3n) is 3.86. The molecule has 0 aromatic carbocycles. The van der Waals surface area contributed by atoms with Gasteiger partial charge in [-0.2, -0.15) is 13.2 Å². The number of rotatable bonds is 10. The van der Waals surface area contributed by atoms with Crippen LogP contribution in [0.2, 0.25) is 0 Å². The van der Waals surface area contributed by atoms with E-state index in [9.17, 15) is 13.2 Å². The maximum atomic E-state index is 10.7. The molecule has 0 unspecified atom stereocenters. The molecule has 4 nitrogen and oxygen atoms in total. The van der Waals surface area contributed by atoms with Gasteiger partial charge < -0.3 is 4.55 Å². The third-order valence-corrected chi connectivity index (χ3v) is 4.43. The van der Waals surface area contributed by atoms with Crippen molar-refractivity contribution in [1.29, 1.82) is 0 Å². The van der Waals surface area contributed by atoms with Crippen LogP contribution >= 0.6 is 0 Å². The number of hydrogen-bond acceptors (Lipinski definition) is 3. The van der Waals surface area contributed by atoms with E-state index in [4.69, 9.17) is 13.0 Å². The van der Waals surface area contributed by atoms with Gasteiger partial charge in [0.2, 0.25) is 0 Å². The number of pyridine rings is 1. The second-order valence-electron chi connectivity index (χ2n) is 6.34. The fourth-order valence-electron chi connectivity index (χ4n) is 2.29. The molecule has 26 heavy (non-hydrogen) atoms. The van der Waals surface area contributed by atoms with E-state index < -0.39 is 15.6 Å². The maximum Gasteiger partial charge on any atom is 0.485 e. The van der Waals surface area contributed by atoms with Crippen molar-refractivity contribution in [2.45, 2.75) is 83.7 Å². The molecule has 0 N–H and O–H groups in total. The smallest absolute Gasteiger partial charge is 0.485 e. The molecule has 0 aliphatic rings. The van der Waals surface area contributed by atoms with Crippen molar-refractivity contribution in [3.05, 3.63) is 30.1 Å². The Balaban J connectivity index is 0.000000660. The second-order valence-corrected chi connectivity index (χ2v) is 7.71. The first-order valence-corrected chi connectivity index (χ1v) is 10.5. The number of aryl methyl sites for hydroxylation is 2. The van der Waals surface area contributed by atoms with Gasteiger partial charge in [0.15, 0.2) is 22.5 Å². The summed E-state index contributed by atoms with van der Waals surface area (Å²) in [7, 11) is -6.09. The number of unbranched alkanes of at least 4 members (excludes halogenated alkanes) is 8. The topological polar surface area (TPSA) is 61.1 Å². The third kappa shape index (κ3) is 13.1. The van der Waals surface area contributed by atoms with Crippen molar-refractivity contribution in [3.8, 4) is 0 Å². The van der Waals surface area contributed by atoms with Crippen LogP contribution in [-0.2, 0) is 16.7 Å². The monoisotopic (exact) mass is 397 g/mol. The lowest BCUT2D eigenvalue weighted by molar-refractivity contribution is -0.697. The number of nitrogens with zero attached hydrogens (tertiary/aromatic N) is 1. The summed E-state index contributed by atoms with van der Waals surface area (Å²) in [6.45, 7) is 5.60. The molecule has 1 aromatic rings. The van der Waals surface area contributed by atoms with Crippen molar-refractivity contribution in [2.75, 3.05) is 0 Å². The van der Waals surface area contributed by atoms with E-state index in [1.165, 1.54) is 69.9 Å². The molecule has 0 radical (unpaired) electrons. The summed E-state index contributed by atoms with van der Waals surface area (Å²) in [5.41, 5.74) is -4.30. The van der Waals surface area contributed by atoms with Gasteiger partial charge in [-0.05, 0) is 18.9 Å². The summed E-state index contributed by atoms with van der Waals surface area (Å²) in [5.74, 6) is 0. The Bertz CT molecular complexity index is 572. The van der Waals surface area contributed by atoms with Crippen molar-refractivity contribution < 1.29 is 30.7 Å². The average Bonchev–Trinajstić information content (AvgIpc) is 2.54. The van der Waals surface area contributed by atoms with Crippen LogP contribution in [0.25, 0.3) is 0 Å². The van der Waals surface area contributed by atoms with Gasteiger partial charge in [-0.25, -0.2) is 13.0 Å². The molecule has 0 bridgehead atoms. The molecule has 0 aliphatic heterocycles. The van der Waals surface area contributed by atoms with Crippen LogP contribution in [-0.4, -0.2) is 18.5 Å². The maximum absolute atomic E-state index is 10.7. The van der Waals surface area contributed by atoms with Crippen molar-refractivity contribution in [1.82, 2.24) is 0 Å². The van der Waals surface area contributed by atoms with Gasteiger partial charge in [-0.3, -0.25) is 0 Å². The second kappa shape index (κ2) is 13.1. The predicted octanol–water partition coefficient (Wildman–Crippen LogP) is 4.86. The number of halogens is 3. The van der Waals surface area contributed by atoms with Crippen molar-refractivity contribution >= 4 is 10.1 Å². The molecule has 0 saturated carbocycles. The van der Waals surface area contributed by atoms with E-state index in [2.05, 4.69) is 42.9 Å². The van der Waals surface area contributed by atoms with E-state index >= 15 is 0 Å². The lowest BCUT2D eigenvalue weighted by Gasteiger charge is -2.08. The minimum atomic E-state index is -6.09. The average molecular weight is 398 g/mol. The highest BCUT2D eigenvalue weighted by molar-refractivity contribution is 7.86. The molecular formula is C18H30F3NO3S.